The summed E-state index contributed by atoms with van der Waals surface area (Å²) in [7, 11) is 0. The van der Waals surface area contributed by atoms with Gasteiger partial charge in [-0.05, 0) is 49.4 Å². The van der Waals surface area contributed by atoms with E-state index in [1.807, 2.05) is 12.3 Å². The second kappa shape index (κ2) is 8.38. The molecule has 9 heteroatoms. The highest BCUT2D eigenvalue weighted by Gasteiger charge is 2.21. The first-order valence-corrected chi connectivity index (χ1v) is 11.4. The largest absolute Gasteiger partial charge is 0.356 e. The molecule has 2 N–H and O–H groups in total. The molecule has 0 spiro atoms. The molecular formula is C20H21N5O2S2. The Morgan fingerprint density at radius 3 is 2.34 bits per heavy atom. The molecule has 1 aliphatic heterocycles. The maximum absolute atomic E-state index is 12.8. The predicted molar refractivity (Wildman–Crippen MR) is 119 cm³/mol. The zero-order chi connectivity index (χ0) is 20.4. The molecule has 0 atom stereocenters. The fourth-order valence-electron chi connectivity index (χ4n) is 3.29. The SMILES string of the molecule is CSc1nc(N2CCCC2)c2cc(C(=O)Nc3ccc(NC(C)=O)cc3)sc2n1. The number of hydrogen-bond donors (Lipinski definition) is 2. The Hall–Kier alpha value is -2.65. The van der Waals surface area contributed by atoms with Crippen molar-refractivity contribution in [2.45, 2.75) is 24.9 Å². The average molecular weight is 428 g/mol. The van der Waals surface area contributed by atoms with E-state index in [1.165, 1.54) is 30.0 Å². The van der Waals surface area contributed by atoms with Crippen molar-refractivity contribution in [2.75, 3.05) is 34.9 Å². The number of benzene rings is 1. The van der Waals surface area contributed by atoms with Crippen LogP contribution in [0.2, 0.25) is 0 Å². The molecule has 2 aromatic heterocycles. The second-order valence-electron chi connectivity index (χ2n) is 6.77. The van der Waals surface area contributed by atoms with Crippen LogP contribution < -0.4 is 15.5 Å². The molecule has 1 fully saturated rings. The first kappa shape index (κ1) is 19.7. The van der Waals surface area contributed by atoms with Crippen molar-refractivity contribution in [1.82, 2.24) is 9.97 Å². The maximum atomic E-state index is 12.8. The molecule has 0 saturated carbocycles. The molecule has 1 aromatic carbocycles. The van der Waals surface area contributed by atoms with Crippen molar-refractivity contribution < 1.29 is 9.59 Å². The minimum atomic E-state index is -0.182. The number of rotatable bonds is 5. The van der Waals surface area contributed by atoms with Crippen LogP contribution in [0.15, 0.2) is 35.5 Å². The number of thioether (sulfide) groups is 1. The Balaban J connectivity index is 1.59. The zero-order valence-corrected chi connectivity index (χ0v) is 17.8. The summed E-state index contributed by atoms with van der Waals surface area (Å²) >= 11 is 2.89. The van der Waals surface area contributed by atoms with E-state index in [0.29, 0.717) is 16.3 Å². The van der Waals surface area contributed by atoms with Gasteiger partial charge in [0.2, 0.25) is 5.91 Å². The van der Waals surface area contributed by atoms with Gasteiger partial charge in [0.25, 0.3) is 5.91 Å². The van der Waals surface area contributed by atoms with Crippen molar-refractivity contribution in [3.05, 3.63) is 35.2 Å². The normalized spacial score (nSPS) is 13.7. The fraction of sp³-hybridized carbons (Fsp3) is 0.300. The topological polar surface area (TPSA) is 87.2 Å². The molecule has 1 aliphatic rings. The van der Waals surface area contributed by atoms with Gasteiger partial charge in [-0.1, -0.05) is 11.8 Å². The Kier molecular flexibility index (Phi) is 5.68. The number of nitrogens with zero attached hydrogens (tertiary/aromatic N) is 3. The van der Waals surface area contributed by atoms with Gasteiger partial charge < -0.3 is 15.5 Å². The molecule has 1 saturated heterocycles. The molecule has 2 amide bonds. The van der Waals surface area contributed by atoms with Crippen molar-refractivity contribution in [3.8, 4) is 0 Å². The highest BCUT2D eigenvalue weighted by atomic mass is 32.2. The lowest BCUT2D eigenvalue weighted by atomic mass is 10.2. The molecule has 4 rings (SSSR count). The second-order valence-corrected chi connectivity index (χ2v) is 8.57. The van der Waals surface area contributed by atoms with E-state index >= 15 is 0 Å². The number of fused-ring (bicyclic) bond motifs is 1. The van der Waals surface area contributed by atoms with Gasteiger partial charge in [0.15, 0.2) is 5.16 Å². The van der Waals surface area contributed by atoms with E-state index in [9.17, 15) is 9.59 Å². The van der Waals surface area contributed by atoms with Gasteiger partial charge in [0.05, 0.1) is 10.3 Å². The number of thiophene rings is 1. The standard InChI is InChI=1S/C20H21N5O2S2/c1-12(26)21-13-5-7-14(8-6-13)22-18(27)16-11-15-17(25-9-3-4-10-25)23-20(28-2)24-19(15)29-16/h5-8,11H,3-4,9-10H2,1-2H3,(H,21,26)(H,22,27). The van der Waals surface area contributed by atoms with E-state index in [1.54, 1.807) is 24.3 Å². The molecule has 0 aliphatic carbocycles. The number of carbonyl (C=O) groups is 2. The van der Waals surface area contributed by atoms with E-state index in [4.69, 9.17) is 4.98 Å². The van der Waals surface area contributed by atoms with Crippen LogP contribution in [0.25, 0.3) is 10.2 Å². The lowest BCUT2D eigenvalue weighted by Gasteiger charge is -2.17. The number of hydrogen-bond acceptors (Lipinski definition) is 7. The van der Waals surface area contributed by atoms with Crippen molar-refractivity contribution in [3.63, 3.8) is 0 Å². The Morgan fingerprint density at radius 2 is 1.72 bits per heavy atom. The quantitative estimate of drug-likeness (QED) is 0.468. The molecule has 0 bridgehead atoms. The van der Waals surface area contributed by atoms with E-state index < -0.39 is 0 Å². The van der Waals surface area contributed by atoms with Gasteiger partial charge in [0, 0.05) is 31.4 Å². The summed E-state index contributed by atoms with van der Waals surface area (Å²) in [6.45, 7) is 3.43. The number of carbonyl (C=O) groups excluding carboxylic acids is 2. The summed E-state index contributed by atoms with van der Waals surface area (Å²) in [6.07, 6.45) is 4.28. The van der Waals surface area contributed by atoms with Crippen LogP contribution in [0.4, 0.5) is 17.2 Å². The third-order valence-electron chi connectivity index (χ3n) is 4.63. The summed E-state index contributed by atoms with van der Waals surface area (Å²) < 4.78 is 0. The van der Waals surface area contributed by atoms with E-state index in [-0.39, 0.29) is 11.8 Å². The third kappa shape index (κ3) is 4.35. The van der Waals surface area contributed by atoms with Crippen LogP contribution in [-0.2, 0) is 4.79 Å². The summed E-state index contributed by atoms with van der Waals surface area (Å²) in [5.41, 5.74) is 1.35. The predicted octanol–water partition coefficient (Wildman–Crippen LogP) is 4.22. The molecule has 7 nitrogen and oxygen atoms in total. The minimum absolute atomic E-state index is 0.133. The Labute approximate surface area is 176 Å². The smallest absolute Gasteiger partial charge is 0.265 e. The third-order valence-corrected chi connectivity index (χ3v) is 6.20. The number of anilines is 3. The van der Waals surface area contributed by atoms with Crippen LogP contribution in [0.1, 0.15) is 29.4 Å². The highest BCUT2D eigenvalue weighted by Crippen LogP contribution is 2.34. The minimum Gasteiger partial charge on any atom is -0.356 e. The number of nitrogens with one attached hydrogen (secondary N) is 2. The van der Waals surface area contributed by atoms with Crippen molar-refractivity contribution in [1.29, 1.82) is 0 Å². The van der Waals surface area contributed by atoms with Gasteiger partial charge in [-0.25, -0.2) is 9.97 Å². The molecule has 0 radical (unpaired) electrons. The van der Waals surface area contributed by atoms with Crippen LogP contribution in [0.5, 0.6) is 0 Å². The molecule has 29 heavy (non-hydrogen) atoms. The lowest BCUT2D eigenvalue weighted by molar-refractivity contribution is -0.114. The van der Waals surface area contributed by atoms with Gasteiger partial charge in [-0.15, -0.1) is 11.3 Å². The van der Waals surface area contributed by atoms with Gasteiger partial charge in [0.1, 0.15) is 10.6 Å². The maximum Gasteiger partial charge on any atom is 0.265 e. The Bertz CT molecular complexity index is 1060. The first-order valence-electron chi connectivity index (χ1n) is 9.33. The van der Waals surface area contributed by atoms with Crippen LogP contribution in [-0.4, -0.2) is 41.1 Å². The van der Waals surface area contributed by atoms with Crippen LogP contribution >= 0.6 is 23.1 Å². The summed E-state index contributed by atoms with van der Waals surface area (Å²) in [5, 5.41) is 7.27. The van der Waals surface area contributed by atoms with Crippen molar-refractivity contribution in [2.24, 2.45) is 0 Å². The Morgan fingerprint density at radius 1 is 1.07 bits per heavy atom. The van der Waals surface area contributed by atoms with Gasteiger partial charge in [-0.2, -0.15) is 0 Å². The zero-order valence-electron chi connectivity index (χ0n) is 16.2. The molecule has 3 heterocycles. The number of amides is 2. The first-order chi connectivity index (χ1) is 14.0. The number of aromatic nitrogens is 2. The summed E-state index contributed by atoms with van der Waals surface area (Å²) in [5.74, 6) is 0.608. The van der Waals surface area contributed by atoms with Gasteiger partial charge in [-0.3, -0.25) is 9.59 Å². The molecule has 3 aromatic rings. The summed E-state index contributed by atoms with van der Waals surface area (Å²) in [6, 6.07) is 8.92. The molecule has 150 valence electrons. The fourth-order valence-corrected chi connectivity index (χ4v) is 4.63. The monoisotopic (exact) mass is 427 g/mol. The van der Waals surface area contributed by atoms with Gasteiger partial charge >= 0.3 is 0 Å². The van der Waals surface area contributed by atoms with Crippen LogP contribution in [0, 0.1) is 0 Å². The van der Waals surface area contributed by atoms with E-state index in [0.717, 1.165) is 47.1 Å². The average Bonchev–Trinajstić information content (AvgIpc) is 3.38. The molecular weight excluding hydrogens is 406 g/mol. The highest BCUT2D eigenvalue weighted by molar-refractivity contribution is 7.98. The van der Waals surface area contributed by atoms with Crippen LogP contribution in [0.3, 0.4) is 0 Å². The van der Waals surface area contributed by atoms with E-state index in [2.05, 4.69) is 20.5 Å². The molecule has 0 unspecified atom stereocenters. The summed E-state index contributed by atoms with van der Waals surface area (Å²) in [4.78, 5) is 36.9. The van der Waals surface area contributed by atoms with Crippen molar-refractivity contribution >= 4 is 62.3 Å². The lowest BCUT2D eigenvalue weighted by Crippen LogP contribution is -2.19.